The fourth-order valence-corrected chi connectivity index (χ4v) is 3.38. The maximum Gasteiger partial charge on any atom is 0.0655 e. The van der Waals surface area contributed by atoms with Crippen LogP contribution in [0, 0.1) is 35.0 Å². The summed E-state index contributed by atoms with van der Waals surface area (Å²) in [5.74, 6) is 2.80. The minimum Gasteiger partial charge on any atom is -0.381 e. The van der Waals surface area contributed by atoms with Gasteiger partial charge in [-0.3, -0.25) is 0 Å². The molecule has 2 heteroatoms. The Hall–Kier alpha value is -0.550. The SMILES string of the molecule is CC1CC(C#N)CCC1C1CCOCC1. The fraction of sp³-hybridized carbons (Fsp3) is 0.923. The van der Waals surface area contributed by atoms with Crippen LogP contribution in [-0.2, 0) is 4.74 Å². The van der Waals surface area contributed by atoms with Crippen molar-refractivity contribution in [2.75, 3.05) is 13.2 Å². The summed E-state index contributed by atoms with van der Waals surface area (Å²) in [6, 6.07) is 2.43. The van der Waals surface area contributed by atoms with Gasteiger partial charge in [0.05, 0.1) is 6.07 Å². The molecular weight excluding hydrogens is 186 g/mol. The van der Waals surface area contributed by atoms with E-state index in [1.807, 2.05) is 0 Å². The quantitative estimate of drug-likeness (QED) is 0.662. The van der Waals surface area contributed by atoms with Crippen LogP contribution in [0.5, 0.6) is 0 Å². The number of nitriles is 1. The van der Waals surface area contributed by atoms with Crippen LogP contribution in [0.3, 0.4) is 0 Å². The van der Waals surface area contributed by atoms with E-state index in [0.717, 1.165) is 43.8 Å². The van der Waals surface area contributed by atoms with Crippen LogP contribution in [0.25, 0.3) is 0 Å². The Labute approximate surface area is 92.6 Å². The minimum atomic E-state index is 0.330. The van der Waals surface area contributed by atoms with Crippen molar-refractivity contribution >= 4 is 0 Å². The number of nitrogens with zero attached hydrogens (tertiary/aromatic N) is 1. The van der Waals surface area contributed by atoms with Gasteiger partial charge in [0.2, 0.25) is 0 Å². The predicted molar refractivity (Wildman–Crippen MR) is 59.2 cm³/mol. The second-order valence-electron chi connectivity index (χ2n) is 5.23. The van der Waals surface area contributed by atoms with Gasteiger partial charge in [0, 0.05) is 19.1 Å². The number of ether oxygens (including phenoxy) is 1. The van der Waals surface area contributed by atoms with Gasteiger partial charge in [-0.2, -0.15) is 5.26 Å². The zero-order chi connectivity index (χ0) is 10.7. The van der Waals surface area contributed by atoms with Gasteiger partial charge in [-0.15, -0.1) is 0 Å². The van der Waals surface area contributed by atoms with Crippen molar-refractivity contribution in [3.63, 3.8) is 0 Å². The highest BCUT2D eigenvalue weighted by Crippen LogP contribution is 2.40. The Balaban J connectivity index is 1.90. The van der Waals surface area contributed by atoms with Gasteiger partial charge in [-0.1, -0.05) is 6.92 Å². The van der Waals surface area contributed by atoms with E-state index < -0.39 is 0 Å². The summed E-state index contributed by atoms with van der Waals surface area (Å²) in [5, 5.41) is 8.94. The molecule has 1 saturated heterocycles. The first-order valence-corrected chi connectivity index (χ1v) is 6.28. The normalized spacial score (nSPS) is 38.5. The van der Waals surface area contributed by atoms with E-state index >= 15 is 0 Å². The summed E-state index contributed by atoms with van der Waals surface area (Å²) >= 11 is 0. The van der Waals surface area contributed by atoms with Crippen LogP contribution in [0.4, 0.5) is 0 Å². The fourth-order valence-electron chi connectivity index (χ4n) is 3.38. The smallest absolute Gasteiger partial charge is 0.0655 e. The van der Waals surface area contributed by atoms with Gasteiger partial charge < -0.3 is 4.74 Å². The summed E-state index contributed by atoms with van der Waals surface area (Å²) in [6.45, 7) is 4.24. The van der Waals surface area contributed by atoms with Gasteiger partial charge in [0.15, 0.2) is 0 Å². The molecule has 0 N–H and O–H groups in total. The van der Waals surface area contributed by atoms with E-state index in [9.17, 15) is 0 Å². The third-order valence-electron chi connectivity index (χ3n) is 4.29. The van der Waals surface area contributed by atoms with Gasteiger partial charge in [0.25, 0.3) is 0 Å². The van der Waals surface area contributed by atoms with E-state index in [1.165, 1.54) is 19.3 Å². The summed E-state index contributed by atoms with van der Waals surface area (Å²) in [6.07, 6.45) is 6.00. The molecule has 0 amide bonds. The lowest BCUT2D eigenvalue weighted by Gasteiger charge is -2.38. The molecule has 2 fully saturated rings. The Morgan fingerprint density at radius 2 is 1.87 bits per heavy atom. The highest BCUT2D eigenvalue weighted by Gasteiger charge is 2.33. The predicted octanol–water partition coefficient (Wildman–Crippen LogP) is 2.99. The van der Waals surface area contributed by atoms with Gasteiger partial charge >= 0.3 is 0 Å². The van der Waals surface area contributed by atoms with Crippen molar-refractivity contribution in [3.8, 4) is 6.07 Å². The van der Waals surface area contributed by atoms with Crippen molar-refractivity contribution in [2.45, 2.75) is 39.0 Å². The number of hydrogen-bond acceptors (Lipinski definition) is 2. The number of hydrogen-bond donors (Lipinski definition) is 0. The first-order chi connectivity index (χ1) is 7.31. The Bertz CT molecular complexity index is 239. The van der Waals surface area contributed by atoms with Crippen molar-refractivity contribution < 1.29 is 4.74 Å². The Morgan fingerprint density at radius 1 is 1.13 bits per heavy atom. The average molecular weight is 207 g/mol. The standard InChI is InChI=1S/C13H21NO/c1-10-8-11(9-14)2-3-13(10)12-4-6-15-7-5-12/h10-13H,2-8H2,1H3. The van der Waals surface area contributed by atoms with E-state index in [4.69, 9.17) is 10.00 Å². The maximum atomic E-state index is 8.94. The first-order valence-electron chi connectivity index (χ1n) is 6.28. The van der Waals surface area contributed by atoms with Crippen LogP contribution in [0.1, 0.15) is 39.0 Å². The van der Waals surface area contributed by atoms with Crippen molar-refractivity contribution in [1.29, 1.82) is 5.26 Å². The molecule has 2 aliphatic rings. The molecule has 1 heterocycles. The lowest BCUT2D eigenvalue weighted by molar-refractivity contribution is 0.0226. The van der Waals surface area contributed by atoms with Gasteiger partial charge in [-0.25, -0.2) is 0 Å². The molecular formula is C13H21NO. The van der Waals surface area contributed by atoms with E-state index in [0.29, 0.717) is 5.92 Å². The molecule has 0 aromatic rings. The molecule has 0 radical (unpaired) electrons. The van der Waals surface area contributed by atoms with Crippen molar-refractivity contribution in [3.05, 3.63) is 0 Å². The molecule has 2 rings (SSSR count). The summed E-state index contributed by atoms with van der Waals surface area (Å²) < 4.78 is 5.42. The number of rotatable bonds is 1. The average Bonchev–Trinajstić information content (AvgIpc) is 2.30. The lowest BCUT2D eigenvalue weighted by atomic mass is 9.68. The molecule has 84 valence electrons. The van der Waals surface area contributed by atoms with Crippen LogP contribution < -0.4 is 0 Å². The van der Waals surface area contributed by atoms with E-state index in [1.54, 1.807) is 0 Å². The van der Waals surface area contributed by atoms with Gasteiger partial charge in [-0.05, 0) is 49.9 Å². The second-order valence-corrected chi connectivity index (χ2v) is 5.23. The molecule has 0 bridgehead atoms. The monoisotopic (exact) mass is 207 g/mol. The lowest BCUT2D eigenvalue weighted by Crippen LogP contribution is -2.32. The first kappa shape index (κ1) is 11.0. The Kier molecular flexibility index (Phi) is 3.64. The summed E-state index contributed by atoms with van der Waals surface area (Å²) in [5.41, 5.74) is 0. The summed E-state index contributed by atoms with van der Waals surface area (Å²) in [4.78, 5) is 0. The van der Waals surface area contributed by atoms with Crippen LogP contribution >= 0.6 is 0 Å². The van der Waals surface area contributed by atoms with Crippen LogP contribution in [0.15, 0.2) is 0 Å². The molecule has 15 heavy (non-hydrogen) atoms. The van der Waals surface area contributed by atoms with Gasteiger partial charge in [0.1, 0.15) is 0 Å². The van der Waals surface area contributed by atoms with Crippen molar-refractivity contribution in [2.24, 2.45) is 23.7 Å². The third kappa shape index (κ3) is 2.52. The maximum absolute atomic E-state index is 8.94. The molecule has 1 aliphatic carbocycles. The molecule has 0 aromatic carbocycles. The van der Waals surface area contributed by atoms with Crippen molar-refractivity contribution in [1.82, 2.24) is 0 Å². The van der Waals surface area contributed by atoms with Crippen LogP contribution in [-0.4, -0.2) is 13.2 Å². The van der Waals surface area contributed by atoms with E-state index in [-0.39, 0.29) is 0 Å². The zero-order valence-corrected chi connectivity index (χ0v) is 9.61. The zero-order valence-electron chi connectivity index (χ0n) is 9.61. The second kappa shape index (κ2) is 4.99. The largest absolute Gasteiger partial charge is 0.381 e. The molecule has 3 atom stereocenters. The molecule has 0 aromatic heterocycles. The molecule has 1 saturated carbocycles. The molecule has 2 nitrogen and oxygen atoms in total. The molecule has 1 aliphatic heterocycles. The highest BCUT2D eigenvalue weighted by atomic mass is 16.5. The Morgan fingerprint density at radius 3 is 2.47 bits per heavy atom. The van der Waals surface area contributed by atoms with E-state index in [2.05, 4.69) is 13.0 Å². The molecule has 3 unspecified atom stereocenters. The third-order valence-corrected chi connectivity index (χ3v) is 4.29. The van der Waals surface area contributed by atoms with Crippen LogP contribution in [0.2, 0.25) is 0 Å². The molecule has 0 spiro atoms. The highest BCUT2D eigenvalue weighted by molar-refractivity contribution is 4.91. The minimum absolute atomic E-state index is 0.330. The topological polar surface area (TPSA) is 33.0 Å². The summed E-state index contributed by atoms with van der Waals surface area (Å²) in [7, 11) is 0.